The third-order valence-electron chi connectivity index (χ3n) is 2.95. The fourth-order valence-corrected chi connectivity index (χ4v) is 1.78. The maximum Gasteiger partial charge on any atom is 0.254 e. The SMILES string of the molecule is CC(C)N(CC(N)=NO)C(=O)c1cccc(N(C)C)c1. The lowest BCUT2D eigenvalue weighted by atomic mass is 10.1. The third kappa shape index (κ3) is 3.88. The van der Waals surface area contributed by atoms with Gasteiger partial charge >= 0.3 is 0 Å². The normalized spacial score (nSPS) is 11.6. The summed E-state index contributed by atoms with van der Waals surface area (Å²) in [5.41, 5.74) is 7.03. The molecule has 0 heterocycles. The molecule has 1 aromatic carbocycles. The summed E-state index contributed by atoms with van der Waals surface area (Å²) in [4.78, 5) is 16.0. The van der Waals surface area contributed by atoms with Crippen molar-refractivity contribution in [1.29, 1.82) is 0 Å². The highest BCUT2D eigenvalue weighted by Gasteiger charge is 2.20. The fraction of sp³-hybridized carbons (Fsp3) is 0.429. The van der Waals surface area contributed by atoms with E-state index >= 15 is 0 Å². The van der Waals surface area contributed by atoms with Crippen LogP contribution in [-0.4, -0.2) is 48.5 Å². The lowest BCUT2D eigenvalue weighted by Crippen LogP contribution is -2.42. The van der Waals surface area contributed by atoms with Crippen LogP contribution < -0.4 is 10.6 Å². The van der Waals surface area contributed by atoms with E-state index in [0.717, 1.165) is 5.69 Å². The fourth-order valence-electron chi connectivity index (χ4n) is 1.78. The number of carbonyl (C=O) groups excluding carboxylic acids is 1. The van der Waals surface area contributed by atoms with Gasteiger partial charge in [0.05, 0.1) is 6.54 Å². The van der Waals surface area contributed by atoms with E-state index in [2.05, 4.69) is 5.16 Å². The van der Waals surface area contributed by atoms with Crippen LogP contribution in [0.25, 0.3) is 0 Å². The summed E-state index contributed by atoms with van der Waals surface area (Å²) in [6, 6.07) is 7.30. The van der Waals surface area contributed by atoms with Crippen LogP contribution in [0.3, 0.4) is 0 Å². The van der Waals surface area contributed by atoms with Crippen molar-refractivity contribution in [2.24, 2.45) is 10.9 Å². The van der Waals surface area contributed by atoms with Crippen molar-refractivity contribution in [3.05, 3.63) is 29.8 Å². The van der Waals surface area contributed by atoms with Crippen LogP contribution in [-0.2, 0) is 0 Å². The molecular formula is C14H22N4O2. The van der Waals surface area contributed by atoms with Crippen molar-refractivity contribution in [1.82, 2.24) is 4.90 Å². The van der Waals surface area contributed by atoms with E-state index in [1.807, 2.05) is 51.0 Å². The predicted molar refractivity (Wildman–Crippen MR) is 80.4 cm³/mol. The summed E-state index contributed by atoms with van der Waals surface area (Å²) in [5.74, 6) is -0.133. The minimum atomic E-state index is -0.143. The number of oxime groups is 1. The molecule has 1 aromatic rings. The third-order valence-corrected chi connectivity index (χ3v) is 2.95. The molecule has 6 heteroatoms. The number of amidine groups is 1. The van der Waals surface area contributed by atoms with Crippen molar-refractivity contribution in [2.75, 3.05) is 25.5 Å². The average molecular weight is 278 g/mol. The van der Waals surface area contributed by atoms with Gasteiger partial charge in [-0.05, 0) is 32.0 Å². The molecule has 0 fully saturated rings. The molecule has 0 aliphatic carbocycles. The van der Waals surface area contributed by atoms with Crippen LogP contribution >= 0.6 is 0 Å². The van der Waals surface area contributed by atoms with Crippen LogP contribution in [0.2, 0.25) is 0 Å². The molecule has 0 aliphatic heterocycles. The number of hydrogen-bond donors (Lipinski definition) is 2. The molecule has 0 bridgehead atoms. The summed E-state index contributed by atoms with van der Waals surface area (Å²) in [5, 5.41) is 11.6. The minimum absolute atomic E-state index is 0.0100. The van der Waals surface area contributed by atoms with Crippen LogP contribution in [0, 0.1) is 0 Å². The summed E-state index contributed by atoms with van der Waals surface area (Å²) < 4.78 is 0. The Morgan fingerprint density at radius 3 is 2.55 bits per heavy atom. The summed E-state index contributed by atoms with van der Waals surface area (Å²) in [6.45, 7) is 3.87. The summed E-state index contributed by atoms with van der Waals surface area (Å²) >= 11 is 0. The molecule has 0 spiro atoms. The molecule has 6 nitrogen and oxygen atoms in total. The number of rotatable bonds is 5. The molecule has 110 valence electrons. The molecule has 0 saturated heterocycles. The Morgan fingerprint density at radius 1 is 1.40 bits per heavy atom. The van der Waals surface area contributed by atoms with Crippen molar-refractivity contribution in [2.45, 2.75) is 19.9 Å². The maximum absolute atomic E-state index is 12.5. The molecule has 1 amide bonds. The number of benzene rings is 1. The molecule has 1 rings (SSSR count). The van der Waals surface area contributed by atoms with Crippen LogP contribution in [0.5, 0.6) is 0 Å². The number of carbonyl (C=O) groups is 1. The summed E-state index contributed by atoms with van der Waals surface area (Å²) in [7, 11) is 3.83. The molecule has 0 atom stereocenters. The van der Waals surface area contributed by atoms with Crippen molar-refractivity contribution in [3.63, 3.8) is 0 Å². The number of hydrogen-bond acceptors (Lipinski definition) is 4. The number of nitrogens with zero attached hydrogens (tertiary/aromatic N) is 3. The second-order valence-electron chi connectivity index (χ2n) is 5.06. The van der Waals surface area contributed by atoms with Crippen molar-refractivity contribution >= 4 is 17.4 Å². The van der Waals surface area contributed by atoms with Gasteiger partial charge in [0, 0.05) is 31.4 Å². The molecule has 0 saturated carbocycles. The second kappa shape index (κ2) is 6.79. The quantitative estimate of drug-likeness (QED) is 0.369. The van der Waals surface area contributed by atoms with E-state index in [4.69, 9.17) is 10.9 Å². The smallest absolute Gasteiger partial charge is 0.254 e. The van der Waals surface area contributed by atoms with Gasteiger partial charge in [0.15, 0.2) is 5.84 Å². The van der Waals surface area contributed by atoms with Gasteiger partial charge in [0.25, 0.3) is 5.91 Å². The van der Waals surface area contributed by atoms with E-state index in [1.165, 1.54) is 0 Å². The van der Waals surface area contributed by atoms with E-state index in [9.17, 15) is 4.79 Å². The summed E-state index contributed by atoms with van der Waals surface area (Å²) in [6.07, 6.45) is 0. The van der Waals surface area contributed by atoms with Crippen molar-refractivity contribution < 1.29 is 10.0 Å². The van der Waals surface area contributed by atoms with Gasteiger partial charge < -0.3 is 20.7 Å². The lowest BCUT2D eigenvalue weighted by molar-refractivity contribution is 0.0734. The standard InChI is InChI=1S/C14H22N4O2/c1-10(2)18(9-13(15)16-20)14(19)11-6-5-7-12(8-11)17(3)4/h5-8,10,20H,9H2,1-4H3,(H2,15,16). The first-order chi connectivity index (χ1) is 9.36. The first-order valence-corrected chi connectivity index (χ1v) is 6.41. The van der Waals surface area contributed by atoms with E-state index in [0.29, 0.717) is 5.56 Å². The number of anilines is 1. The molecule has 0 unspecified atom stereocenters. The maximum atomic E-state index is 12.5. The van der Waals surface area contributed by atoms with Gasteiger partial charge in [-0.3, -0.25) is 4.79 Å². The van der Waals surface area contributed by atoms with E-state index < -0.39 is 0 Å². The highest BCUT2D eigenvalue weighted by atomic mass is 16.4. The van der Waals surface area contributed by atoms with Gasteiger partial charge in [-0.1, -0.05) is 11.2 Å². The van der Waals surface area contributed by atoms with E-state index in [1.54, 1.807) is 11.0 Å². The zero-order valence-electron chi connectivity index (χ0n) is 12.4. The van der Waals surface area contributed by atoms with Crippen molar-refractivity contribution in [3.8, 4) is 0 Å². The molecule has 3 N–H and O–H groups in total. The molecular weight excluding hydrogens is 256 g/mol. The molecule has 0 aromatic heterocycles. The Hall–Kier alpha value is -2.24. The van der Waals surface area contributed by atoms with Gasteiger partial charge in [-0.2, -0.15) is 0 Å². The Balaban J connectivity index is 3.03. The highest BCUT2D eigenvalue weighted by Crippen LogP contribution is 2.16. The molecule has 0 aliphatic rings. The first-order valence-electron chi connectivity index (χ1n) is 6.41. The Labute approximate surface area is 119 Å². The van der Waals surface area contributed by atoms with Crippen LogP contribution in [0.15, 0.2) is 29.4 Å². The Bertz CT molecular complexity index is 498. The Kier molecular flexibility index (Phi) is 5.37. The molecule has 20 heavy (non-hydrogen) atoms. The second-order valence-corrected chi connectivity index (χ2v) is 5.06. The first kappa shape index (κ1) is 15.8. The zero-order valence-corrected chi connectivity index (χ0v) is 12.4. The largest absolute Gasteiger partial charge is 0.409 e. The van der Waals surface area contributed by atoms with Crippen LogP contribution in [0.4, 0.5) is 5.69 Å². The number of nitrogens with two attached hydrogens (primary N) is 1. The monoisotopic (exact) mass is 278 g/mol. The topological polar surface area (TPSA) is 82.2 Å². The minimum Gasteiger partial charge on any atom is -0.409 e. The highest BCUT2D eigenvalue weighted by molar-refractivity contribution is 5.97. The van der Waals surface area contributed by atoms with Gasteiger partial charge in [-0.15, -0.1) is 0 Å². The lowest BCUT2D eigenvalue weighted by Gasteiger charge is -2.26. The van der Waals surface area contributed by atoms with Crippen LogP contribution in [0.1, 0.15) is 24.2 Å². The van der Waals surface area contributed by atoms with Gasteiger partial charge in [0.2, 0.25) is 0 Å². The van der Waals surface area contributed by atoms with E-state index in [-0.39, 0.29) is 24.3 Å². The Morgan fingerprint density at radius 2 is 2.05 bits per heavy atom. The number of amides is 1. The van der Waals surface area contributed by atoms with Gasteiger partial charge in [0.1, 0.15) is 0 Å². The predicted octanol–water partition coefficient (Wildman–Crippen LogP) is 1.35. The zero-order chi connectivity index (χ0) is 15.3. The van der Waals surface area contributed by atoms with Gasteiger partial charge in [-0.25, -0.2) is 0 Å². The molecule has 0 radical (unpaired) electrons. The average Bonchev–Trinajstić information content (AvgIpc) is 2.43.